The van der Waals surface area contributed by atoms with Crippen molar-refractivity contribution in [3.8, 4) is 61.0 Å². The van der Waals surface area contributed by atoms with Crippen LogP contribution in [0.2, 0.25) is 0 Å². The van der Waals surface area contributed by atoms with E-state index in [-0.39, 0.29) is 38.9 Å². The van der Waals surface area contributed by atoms with Crippen LogP contribution in [0.3, 0.4) is 0 Å². The van der Waals surface area contributed by atoms with Gasteiger partial charge in [-0.25, -0.2) is 0 Å². The molecule has 158 valence electrons. The molecule has 0 saturated carbocycles. The summed E-state index contributed by atoms with van der Waals surface area (Å²) in [5.74, 6) is -1.75. The van der Waals surface area contributed by atoms with Crippen molar-refractivity contribution in [3.63, 3.8) is 0 Å². The Morgan fingerprint density at radius 2 is 1.26 bits per heavy atom. The molecule has 5 N–H and O–H groups in total. The number of hydrogen-bond donors (Lipinski definition) is 5. The summed E-state index contributed by atoms with van der Waals surface area (Å²) in [7, 11) is 3.89. The Labute approximate surface area is 181 Å². The highest BCUT2D eigenvalue weighted by molar-refractivity contribution is 7.18. The topological polar surface area (TPSA) is 130 Å². The molecule has 0 radical (unpaired) electrons. The number of phenols is 5. The van der Waals surface area contributed by atoms with Crippen LogP contribution in [0.15, 0.2) is 48.5 Å². The molecule has 0 fully saturated rings. The number of rotatable bonds is 4. The largest absolute Gasteiger partial charge is 0.508 e. The second-order valence-electron chi connectivity index (χ2n) is 7.11. The lowest BCUT2D eigenvalue weighted by Gasteiger charge is -2.13. The standard InChI is InChI=1S/C22H19N3O5S/c1-25(2)13-5-3-11(4-6-13)21-23-24-22(31-21)19-17(29)10-16(28)18(20(19)30)12-7-14(26)9-15(27)8-12/h3-10,26-30H,1-2H3. The van der Waals surface area contributed by atoms with Crippen LogP contribution in [-0.4, -0.2) is 49.8 Å². The van der Waals surface area contributed by atoms with E-state index >= 15 is 0 Å². The Balaban J connectivity index is 1.80. The molecule has 9 heteroatoms. The molecule has 0 amide bonds. The van der Waals surface area contributed by atoms with Gasteiger partial charge in [-0.05, 0) is 42.0 Å². The van der Waals surface area contributed by atoms with Crippen molar-refractivity contribution in [2.45, 2.75) is 0 Å². The number of benzene rings is 3. The average Bonchev–Trinajstić information content (AvgIpc) is 3.16. The first kappa shape index (κ1) is 20.3. The van der Waals surface area contributed by atoms with E-state index < -0.39 is 11.5 Å². The number of aromatic nitrogens is 2. The molecule has 0 aliphatic heterocycles. The Bertz CT molecular complexity index is 1250. The Kier molecular flexibility index (Phi) is 5.04. The fourth-order valence-corrected chi connectivity index (χ4v) is 4.12. The van der Waals surface area contributed by atoms with Gasteiger partial charge in [-0.15, -0.1) is 10.2 Å². The van der Waals surface area contributed by atoms with Gasteiger partial charge in [-0.2, -0.15) is 0 Å². The molecule has 0 aliphatic rings. The predicted octanol–water partition coefficient (Wildman–Crippen LogP) is 4.13. The third-order valence-electron chi connectivity index (χ3n) is 4.72. The van der Waals surface area contributed by atoms with Gasteiger partial charge in [-0.3, -0.25) is 0 Å². The van der Waals surface area contributed by atoms with Crippen LogP contribution in [0, 0.1) is 0 Å². The van der Waals surface area contributed by atoms with Crippen LogP contribution < -0.4 is 4.90 Å². The summed E-state index contributed by atoms with van der Waals surface area (Å²) >= 11 is 1.16. The number of phenolic OH excluding ortho intramolecular Hbond substituents is 5. The number of aromatic hydroxyl groups is 5. The van der Waals surface area contributed by atoms with Crippen molar-refractivity contribution in [3.05, 3.63) is 48.5 Å². The van der Waals surface area contributed by atoms with Crippen molar-refractivity contribution in [2.24, 2.45) is 0 Å². The molecule has 0 bridgehead atoms. The molecule has 8 nitrogen and oxygen atoms in total. The molecular weight excluding hydrogens is 418 g/mol. The lowest BCUT2D eigenvalue weighted by Crippen LogP contribution is -2.07. The van der Waals surface area contributed by atoms with Gasteiger partial charge in [0.25, 0.3) is 0 Å². The van der Waals surface area contributed by atoms with Crippen molar-refractivity contribution >= 4 is 17.0 Å². The van der Waals surface area contributed by atoms with Gasteiger partial charge >= 0.3 is 0 Å². The van der Waals surface area contributed by atoms with Crippen molar-refractivity contribution in [1.82, 2.24) is 10.2 Å². The van der Waals surface area contributed by atoms with Gasteiger partial charge in [0.05, 0.1) is 11.1 Å². The summed E-state index contributed by atoms with van der Waals surface area (Å²) in [6, 6.07) is 12.4. The lowest BCUT2D eigenvalue weighted by molar-refractivity contribution is 0.433. The summed E-state index contributed by atoms with van der Waals surface area (Å²) in [6.45, 7) is 0. The van der Waals surface area contributed by atoms with E-state index in [1.54, 1.807) is 0 Å². The van der Waals surface area contributed by atoms with E-state index in [1.807, 2.05) is 43.3 Å². The van der Waals surface area contributed by atoms with Crippen molar-refractivity contribution in [1.29, 1.82) is 0 Å². The minimum atomic E-state index is -0.451. The smallest absolute Gasteiger partial charge is 0.155 e. The van der Waals surface area contributed by atoms with Gasteiger partial charge in [0.15, 0.2) is 5.01 Å². The van der Waals surface area contributed by atoms with E-state index in [9.17, 15) is 25.5 Å². The first-order chi connectivity index (χ1) is 14.7. The van der Waals surface area contributed by atoms with Crippen LogP contribution in [0.1, 0.15) is 0 Å². The summed E-state index contributed by atoms with van der Waals surface area (Å²) in [6.07, 6.45) is 0. The van der Waals surface area contributed by atoms with E-state index in [2.05, 4.69) is 10.2 Å². The number of anilines is 1. The molecule has 0 saturated heterocycles. The molecule has 1 aromatic heterocycles. The molecule has 0 aliphatic carbocycles. The van der Waals surface area contributed by atoms with Crippen LogP contribution in [0.25, 0.3) is 32.3 Å². The van der Waals surface area contributed by atoms with Crippen LogP contribution >= 0.6 is 11.3 Å². The van der Waals surface area contributed by atoms with E-state index in [0.29, 0.717) is 5.01 Å². The van der Waals surface area contributed by atoms with Gasteiger partial charge < -0.3 is 30.4 Å². The molecule has 0 unspecified atom stereocenters. The lowest BCUT2D eigenvalue weighted by atomic mass is 9.99. The molecule has 3 aromatic carbocycles. The monoisotopic (exact) mass is 437 g/mol. The first-order valence-electron chi connectivity index (χ1n) is 9.17. The molecule has 31 heavy (non-hydrogen) atoms. The van der Waals surface area contributed by atoms with Crippen molar-refractivity contribution < 1.29 is 25.5 Å². The van der Waals surface area contributed by atoms with E-state index in [1.165, 1.54) is 12.1 Å². The second-order valence-corrected chi connectivity index (χ2v) is 8.08. The Hall–Kier alpha value is -3.98. The summed E-state index contributed by atoms with van der Waals surface area (Å²) in [5, 5.41) is 60.2. The molecule has 4 aromatic rings. The minimum absolute atomic E-state index is 0.00991. The summed E-state index contributed by atoms with van der Waals surface area (Å²) in [5.41, 5.74) is 1.94. The fraction of sp³-hybridized carbons (Fsp3) is 0.0909. The molecular formula is C22H19N3O5S. The zero-order chi connectivity index (χ0) is 22.3. The van der Waals surface area contributed by atoms with Gasteiger partial charge in [0.2, 0.25) is 0 Å². The highest BCUT2D eigenvalue weighted by Crippen LogP contribution is 2.50. The summed E-state index contributed by atoms with van der Waals surface area (Å²) < 4.78 is 0. The SMILES string of the molecule is CN(C)c1ccc(-c2nnc(-c3c(O)cc(O)c(-c4cc(O)cc(O)c4)c3O)s2)cc1. The molecule has 0 atom stereocenters. The van der Waals surface area contributed by atoms with Gasteiger partial charge in [-0.1, -0.05) is 11.3 Å². The van der Waals surface area contributed by atoms with Crippen LogP contribution in [0.5, 0.6) is 28.7 Å². The Morgan fingerprint density at radius 1 is 0.677 bits per heavy atom. The molecule has 0 spiro atoms. The minimum Gasteiger partial charge on any atom is -0.508 e. The highest BCUT2D eigenvalue weighted by Gasteiger charge is 2.23. The first-order valence-corrected chi connectivity index (χ1v) is 9.99. The van der Waals surface area contributed by atoms with Gasteiger partial charge in [0.1, 0.15) is 33.8 Å². The normalized spacial score (nSPS) is 10.9. The van der Waals surface area contributed by atoms with E-state index in [0.717, 1.165) is 34.7 Å². The third kappa shape index (κ3) is 3.78. The van der Waals surface area contributed by atoms with Gasteiger partial charge in [0, 0.05) is 37.5 Å². The maximum Gasteiger partial charge on any atom is 0.155 e. The van der Waals surface area contributed by atoms with Crippen molar-refractivity contribution in [2.75, 3.05) is 19.0 Å². The molecule has 1 heterocycles. The average molecular weight is 437 g/mol. The third-order valence-corrected chi connectivity index (χ3v) is 5.71. The van der Waals surface area contributed by atoms with Crippen LogP contribution in [-0.2, 0) is 0 Å². The maximum absolute atomic E-state index is 10.9. The van der Waals surface area contributed by atoms with Crippen LogP contribution in [0.4, 0.5) is 5.69 Å². The zero-order valence-corrected chi connectivity index (χ0v) is 17.4. The second kappa shape index (κ2) is 7.69. The number of hydrogen-bond acceptors (Lipinski definition) is 9. The highest BCUT2D eigenvalue weighted by atomic mass is 32.1. The zero-order valence-electron chi connectivity index (χ0n) is 16.6. The Morgan fingerprint density at radius 3 is 1.87 bits per heavy atom. The molecule has 4 rings (SSSR count). The fourth-order valence-electron chi connectivity index (χ4n) is 3.22. The predicted molar refractivity (Wildman–Crippen MR) is 119 cm³/mol. The number of nitrogens with zero attached hydrogens (tertiary/aromatic N) is 3. The maximum atomic E-state index is 10.9. The van der Waals surface area contributed by atoms with E-state index in [4.69, 9.17) is 0 Å². The quantitative estimate of drug-likeness (QED) is 0.322. The summed E-state index contributed by atoms with van der Waals surface area (Å²) in [4.78, 5) is 1.97.